The number of hydrogen-bond acceptors (Lipinski definition) is 3. The van der Waals surface area contributed by atoms with Crippen LogP contribution in [0.25, 0.3) is 0 Å². The second kappa shape index (κ2) is 5.03. The number of aliphatic carboxylic acids is 1. The van der Waals surface area contributed by atoms with Crippen LogP contribution < -0.4 is 4.72 Å². The summed E-state index contributed by atoms with van der Waals surface area (Å²) in [5.74, 6) is -4.55. The monoisotopic (exact) mass is 301 g/mol. The lowest BCUT2D eigenvalue weighted by atomic mass is 10.2. The van der Waals surface area contributed by atoms with E-state index < -0.39 is 45.0 Å². The Hall–Kier alpha value is -1.84. The third-order valence-electron chi connectivity index (χ3n) is 1.86. The molecule has 0 atom stereocenters. The molecule has 0 radical (unpaired) electrons. The molecule has 0 spiro atoms. The quantitative estimate of drug-likeness (QED) is 0.829. The van der Waals surface area contributed by atoms with Gasteiger partial charge in [-0.3, -0.25) is 9.52 Å². The van der Waals surface area contributed by atoms with Gasteiger partial charge in [-0.05, 0) is 18.2 Å². The zero-order chi connectivity index (χ0) is 14.8. The highest BCUT2D eigenvalue weighted by atomic mass is 32.2. The molecule has 0 aromatic heterocycles. The number of nitrogens with one attached hydrogen (secondary N) is 1. The lowest BCUT2D eigenvalue weighted by Gasteiger charge is -2.11. The van der Waals surface area contributed by atoms with E-state index in [0.717, 1.165) is 6.07 Å². The van der Waals surface area contributed by atoms with Crippen molar-refractivity contribution >= 4 is 21.7 Å². The van der Waals surface area contributed by atoms with Crippen LogP contribution in [-0.2, 0) is 21.0 Å². The Bertz CT molecular complexity index is 597. The smallest absolute Gasteiger partial charge is 0.419 e. The Balaban J connectivity index is 3.08. The molecule has 0 bridgehead atoms. The molecule has 0 aliphatic carbocycles. The highest BCUT2D eigenvalue weighted by molar-refractivity contribution is 7.93. The van der Waals surface area contributed by atoms with Crippen molar-refractivity contribution in [2.75, 3.05) is 10.5 Å². The van der Waals surface area contributed by atoms with Crippen molar-refractivity contribution in [3.8, 4) is 0 Å². The summed E-state index contributed by atoms with van der Waals surface area (Å²) in [7, 11) is -4.35. The number of rotatable bonds is 4. The van der Waals surface area contributed by atoms with Crippen molar-refractivity contribution in [1.29, 1.82) is 0 Å². The Kier molecular flexibility index (Phi) is 4.03. The normalized spacial score (nSPS) is 12.2. The molecule has 10 heteroatoms. The molecule has 0 amide bonds. The predicted molar refractivity (Wildman–Crippen MR) is 56.4 cm³/mol. The minimum absolute atomic E-state index is 0.245. The maximum atomic E-state index is 12.9. The fourth-order valence-electron chi connectivity index (χ4n) is 1.18. The van der Waals surface area contributed by atoms with Crippen molar-refractivity contribution in [3.63, 3.8) is 0 Å². The molecule has 19 heavy (non-hydrogen) atoms. The summed E-state index contributed by atoms with van der Waals surface area (Å²) in [5.41, 5.74) is -2.22. The molecule has 5 nitrogen and oxygen atoms in total. The topological polar surface area (TPSA) is 83.5 Å². The van der Waals surface area contributed by atoms with Crippen LogP contribution in [0.1, 0.15) is 5.56 Å². The second-order valence-corrected chi connectivity index (χ2v) is 5.17. The Morgan fingerprint density at radius 3 is 2.37 bits per heavy atom. The van der Waals surface area contributed by atoms with Gasteiger partial charge in [-0.25, -0.2) is 12.8 Å². The third-order valence-corrected chi connectivity index (χ3v) is 3.03. The first kappa shape index (κ1) is 15.2. The van der Waals surface area contributed by atoms with Gasteiger partial charge in [0.25, 0.3) is 0 Å². The molecule has 0 aliphatic heterocycles. The molecule has 1 rings (SSSR count). The number of anilines is 1. The summed E-state index contributed by atoms with van der Waals surface area (Å²) in [6.07, 6.45) is -4.99. The van der Waals surface area contributed by atoms with Gasteiger partial charge >= 0.3 is 12.1 Å². The third kappa shape index (κ3) is 4.39. The van der Waals surface area contributed by atoms with Crippen molar-refractivity contribution in [2.45, 2.75) is 6.18 Å². The number of carbonyl (C=O) groups is 1. The van der Waals surface area contributed by atoms with E-state index in [0.29, 0.717) is 6.07 Å². The molecule has 1 aromatic carbocycles. The molecule has 0 heterocycles. The molecular weight excluding hydrogens is 294 g/mol. The number of carboxylic acids is 1. The van der Waals surface area contributed by atoms with E-state index >= 15 is 0 Å². The summed E-state index contributed by atoms with van der Waals surface area (Å²) < 4.78 is 74.0. The summed E-state index contributed by atoms with van der Waals surface area (Å²) in [5, 5.41) is 8.30. The van der Waals surface area contributed by atoms with E-state index in [4.69, 9.17) is 5.11 Å². The number of carboxylic acid groups (broad SMARTS) is 1. The van der Waals surface area contributed by atoms with Crippen LogP contribution in [-0.4, -0.2) is 25.2 Å². The van der Waals surface area contributed by atoms with Gasteiger partial charge in [0, 0.05) is 5.69 Å². The van der Waals surface area contributed by atoms with Gasteiger partial charge in [0.2, 0.25) is 10.0 Å². The average Bonchev–Trinajstić information content (AvgIpc) is 2.16. The predicted octanol–water partition coefficient (Wildman–Crippen LogP) is 1.67. The second-order valence-electron chi connectivity index (χ2n) is 3.45. The number of hydrogen-bond donors (Lipinski definition) is 2. The van der Waals surface area contributed by atoms with E-state index in [2.05, 4.69) is 0 Å². The van der Waals surface area contributed by atoms with Gasteiger partial charge in [0.15, 0.2) is 5.75 Å². The SMILES string of the molecule is O=C(O)CS(=O)(=O)Nc1ccc(F)c(C(F)(F)F)c1. The van der Waals surface area contributed by atoms with Gasteiger partial charge < -0.3 is 5.11 Å². The number of alkyl halides is 3. The first-order valence-electron chi connectivity index (χ1n) is 4.60. The van der Waals surface area contributed by atoms with Crippen LogP contribution in [0.15, 0.2) is 18.2 Å². The minimum Gasteiger partial charge on any atom is -0.480 e. The van der Waals surface area contributed by atoms with Gasteiger partial charge in [-0.15, -0.1) is 0 Å². The number of sulfonamides is 1. The van der Waals surface area contributed by atoms with Crippen LogP contribution in [0.3, 0.4) is 0 Å². The molecule has 106 valence electrons. The van der Waals surface area contributed by atoms with Crippen LogP contribution in [0.2, 0.25) is 0 Å². The fourth-order valence-corrected chi connectivity index (χ4v) is 2.07. The summed E-state index contributed by atoms with van der Waals surface area (Å²) in [4.78, 5) is 10.2. The maximum Gasteiger partial charge on any atom is 0.419 e. The molecule has 0 saturated carbocycles. The number of halogens is 4. The molecule has 0 fully saturated rings. The van der Waals surface area contributed by atoms with E-state index in [9.17, 15) is 30.8 Å². The van der Waals surface area contributed by atoms with Crippen LogP contribution in [0.5, 0.6) is 0 Å². The zero-order valence-corrected chi connectivity index (χ0v) is 9.85. The van der Waals surface area contributed by atoms with Gasteiger partial charge in [-0.2, -0.15) is 13.2 Å². The van der Waals surface area contributed by atoms with Crippen molar-refractivity contribution in [2.24, 2.45) is 0 Å². The van der Waals surface area contributed by atoms with Crippen LogP contribution in [0.4, 0.5) is 23.2 Å². The Morgan fingerprint density at radius 1 is 1.32 bits per heavy atom. The Labute approximate surface area is 104 Å². The van der Waals surface area contributed by atoms with Gasteiger partial charge in [-0.1, -0.05) is 0 Å². The van der Waals surface area contributed by atoms with Crippen molar-refractivity contribution in [3.05, 3.63) is 29.6 Å². The van der Waals surface area contributed by atoms with E-state index in [1.165, 1.54) is 0 Å². The van der Waals surface area contributed by atoms with E-state index in [1.54, 1.807) is 4.72 Å². The fraction of sp³-hybridized carbons (Fsp3) is 0.222. The first-order valence-corrected chi connectivity index (χ1v) is 6.25. The molecule has 0 aliphatic rings. The standard InChI is InChI=1S/C9H7F4NO4S/c10-7-2-1-5(3-6(7)9(11,12)13)14-19(17,18)4-8(15)16/h1-3,14H,4H2,(H,15,16). The minimum atomic E-state index is -4.99. The van der Waals surface area contributed by atoms with Gasteiger partial charge in [0.1, 0.15) is 5.82 Å². The Morgan fingerprint density at radius 2 is 1.89 bits per heavy atom. The molecule has 0 saturated heterocycles. The van der Waals surface area contributed by atoms with Crippen LogP contribution >= 0.6 is 0 Å². The van der Waals surface area contributed by atoms with Crippen molar-refractivity contribution in [1.82, 2.24) is 0 Å². The molecule has 0 unspecified atom stereocenters. The molecule has 1 aromatic rings. The van der Waals surface area contributed by atoms with Crippen LogP contribution in [0, 0.1) is 5.82 Å². The lowest BCUT2D eigenvalue weighted by molar-refractivity contribution is -0.140. The highest BCUT2D eigenvalue weighted by Gasteiger charge is 2.34. The zero-order valence-electron chi connectivity index (χ0n) is 9.03. The average molecular weight is 301 g/mol. The lowest BCUT2D eigenvalue weighted by Crippen LogP contribution is -2.22. The largest absolute Gasteiger partial charge is 0.480 e. The van der Waals surface area contributed by atoms with Gasteiger partial charge in [0.05, 0.1) is 5.56 Å². The number of benzene rings is 1. The van der Waals surface area contributed by atoms with E-state index in [-0.39, 0.29) is 6.07 Å². The molecule has 2 N–H and O–H groups in total. The summed E-state index contributed by atoms with van der Waals surface area (Å²) >= 11 is 0. The molecular formula is C9H7F4NO4S. The highest BCUT2D eigenvalue weighted by Crippen LogP contribution is 2.33. The van der Waals surface area contributed by atoms with E-state index in [1.807, 2.05) is 0 Å². The summed E-state index contributed by atoms with van der Waals surface area (Å²) in [6.45, 7) is 0. The first-order chi connectivity index (χ1) is 8.51. The summed E-state index contributed by atoms with van der Waals surface area (Å²) in [6, 6.07) is 1.43. The maximum absolute atomic E-state index is 12.9. The van der Waals surface area contributed by atoms with Crippen molar-refractivity contribution < 1.29 is 35.9 Å².